The fourth-order valence-corrected chi connectivity index (χ4v) is 11.1. The van der Waals surface area contributed by atoms with Crippen molar-refractivity contribution in [1.29, 1.82) is 0 Å². The monoisotopic (exact) mass is 838 g/mol. The molecule has 0 aliphatic carbocycles. The van der Waals surface area contributed by atoms with Crippen LogP contribution in [0.4, 0.5) is 0 Å². The Hall–Kier alpha value is -1.90. The number of unbranched alkanes of at least 4 members (excludes halogenated alkanes) is 24. The van der Waals surface area contributed by atoms with Gasteiger partial charge in [-0.2, -0.15) is 0 Å². The second-order valence-corrected chi connectivity index (χ2v) is 24.8. The van der Waals surface area contributed by atoms with Gasteiger partial charge in [0, 0.05) is 33.9 Å². The number of amides is 1. The van der Waals surface area contributed by atoms with Gasteiger partial charge in [0.05, 0.1) is 6.42 Å². The fraction of sp³-hybridized carbons (Fsp3) is 0.918. The van der Waals surface area contributed by atoms with Gasteiger partial charge in [-0.3, -0.25) is 19.2 Å². The van der Waals surface area contributed by atoms with Crippen LogP contribution < -0.4 is 5.32 Å². The summed E-state index contributed by atoms with van der Waals surface area (Å²) in [7, 11) is -1.16. The Labute approximate surface area is 359 Å². The summed E-state index contributed by atoms with van der Waals surface area (Å²) >= 11 is 0. The highest BCUT2D eigenvalue weighted by atomic mass is 28.3. The number of nitrogens with one attached hydrogen (secondary N) is 1. The lowest BCUT2D eigenvalue weighted by molar-refractivity contribution is -0.167. The highest BCUT2D eigenvalue weighted by Gasteiger charge is 2.26. The zero-order valence-corrected chi connectivity index (χ0v) is 40.4. The van der Waals surface area contributed by atoms with Crippen LogP contribution in [0.15, 0.2) is 0 Å². The van der Waals surface area contributed by atoms with Crippen molar-refractivity contribution < 1.29 is 33.4 Å². The standard InChI is InChI=1S/C49H95NO7Si/c1-8-10-12-14-16-18-20-22-24-26-28-30-32-35-46(52)55-41-44(57-48(54)36-33-31-29-27-25-23-21-19-17-15-13-11-9-2)42-56-47(53)38-37-45(51)50-40-34-39-49(3,4)43-58(5,6)7/h44H,8-43H2,1-7H3,(H,50,51). The van der Waals surface area contributed by atoms with Crippen LogP contribution in [0, 0.1) is 5.41 Å². The minimum absolute atomic E-state index is 0.0365. The van der Waals surface area contributed by atoms with Crippen molar-refractivity contribution in [3.63, 3.8) is 0 Å². The molecule has 0 aromatic heterocycles. The highest BCUT2D eigenvalue weighted by molar-refractivity contribution is 6.76. The largest absolute Gasteiger partial charge is 0.462 e. The van der Waals surface area contributed by atoms with Gasteiger partial charge >= 0.3 is 17.9 Å². The van der Waals surface area contributed by atoms with Crippen molar-refractivity contribution in [3.05, 3.63) is 0 Å². The smallest absolute Gasteiger partial charge is 0.306 e. The molecule has 58 heavy (non-hydrogen) atoms. The van der Waals surface area contributed by atoms with Crippen molar-refractivity contribution in [1.82, 2.24) is 5.32 Å². The molecule has 342 valence electrons. The van der Waals surface area contributed by atoms with Crippen molar-refractivity contribution in [2.75, 3.05) is 19.8 Å². The Balaban J connectivity index is 4.54. The van der Waals surface area contributed by atoms with E-state index in [0.717, 1.165) is 51.4 Å². The quantitative estimate of drug-likeness (QED) is 0.0282. The zero-order chi connectivity index (χ0) is 43.2. The lowest BCUT2D eigenvalue weighted by Gasteiger charge is -2.31. The summed E-state index contributed by atoms with van der Waals surface area (Å²) in [4.78, 5) is 50.3. The maximum atomic E-state index is 12.8. The SMILES string of the molecule is CCCCCCCCCCCCCCCC(=O)OCC(COC(=O)CCC(=O)NCCCC(C)(C)C[Si](C)(C)C)OC(=O)CCCCCCCCCCCCCCC. The van der Waals surface area contributed by atoms with E-state index in [1.54, 1.807) is 0 Å². The number of hydrogen-bond donors (Lipinski definition) is 1. The Kier molecular flexibility index (Phi) is 36.8. The van der Waals surface area contributed by atoms with E-state index in [2.05, 4.69) is 52.7 Å². The number of ether oxygens (including phenoxy) is 3. The zero-order valence-electron chi connectivity index (χ0n) is 39.4. The third kappa shape index (κ3) is 40.9. The molecule has 0 saturated carbocycles. The number of hydrogen-bond acceptors (Lipinski definition) is 7. The first kappa shape index (κ1) is 56.1. The molecule has 1 atom stereocenters. The third-order valence-corrected chi connectivity index (χ3v) is 13.1. The molecule has 0 spiro atoms. The van der Waals surface area contributed by atoms with E-state index >= 15 is 0 Å². The number of esters is 3. The molecule has 1 amide bonds. The first-order valence-electron chi connectivity index (χ1n) is 24.6. The lowest BCUT2D eigenvalue weighted by Crippen LogP contribution is -2.31. The summed E-state index contributed by atoms with van der Waals surface area (Å²) in [6.07, 6.45) is 33.7. The summed E-state index contributed by atoms with van der Waals surface area (Å²) in [5.74, 6) is -1.42. The van der Waals surface area contributed by atoms with Gasteiger partial charge in [-0.1, -0.05) is 207 Å². The van der Waals surface area contributed by atoms with Crippen LogP contribution in [-0.2, 0) is 33.4 Å². The second-order valence-electron chi connectivity index (χ2n) is 19.3. The molecule has 0 rings (SSSR count). The molecular formula is C49H95NO7Si. The normalized spacial score (nSPS) is 12.3. The molecule has 1 unspecified atom stereocenters. The highest BCUT2D eigenvalue weighted by Crippen LogP contribution is 2.32. The first-order chi connectivity index (χ1) is 27.8. The molecule has 0 saturated heterocycles. The van der Waals surface area contributed by atoms with Gasteiger partial charge in [0.1, 0.15) is 13.2 Å². The summed E-state index contributed by atoms with van der Waals surface area (Å²) in [6.45, 7) is 16.5. The number of carbonyl (C=O) groups excluding carboxylic acids is 4. The van der Waals surface area contributed by atoms with E-state index in [1.807, 2.05) is 0 Å². The molecule has 0 aromatic carbocycles. The summed E-state index contributed by atoms with van der Waals surface area (Å²) in [5.41, 5.74) is 0.256. The van der Waals surface area contributed by atoms with E-state index in [-0.39, 0.29) is 55.7 Å². The summed E-state index contributed by atoms with van der Waals surface area (Å²) in [6, 6.07) is 1.24. The van der Waals surface area contributed by atoms with Crippen LogP contribution in [0.5, 0.6) is 0 Å². The van der Waals surface area contributed by atoms with Crippen LogP contribution in [0.25, 0.3) is 0 Å². The van der Waals surface area contributed by atoms with Gasteiger partial charge in [0.25, 0.3) is 0 Å². The summed E-state index contributed by atoms with van der Waals surface area (Å²) < 4.78 is 16.6. The topological polar surface area (TPSA) is 108 Å². The van der Waals surface area contributed by atoms with Crippen molar-refractivity contribution in [2.45, 2.75) is 265 Å². The van der Waals surface area contributed by atoms with Crippen molar-refractivity contribution in [3.8, 4) is 0 Å². The van der Waals surface area contributed by atoms with Gasteiger partial charge in [-0.15, -0.1) is 0 Å². The second kappa shape index (κ2) is 38.0. The van der Waals surface area contributed by atoms with Crippen LogP contribution in [0.3, 0.4) is 0 Å². The average molecular weight is 838 g/mol. The first-order valence-corrected chi connectivity index (χ1v) is 28.3. The Morgan fingerprint density at radius 2 is 0.845 bits per heavy atom. The van der Waals surface area contributed by atoms with E-state index in [1.165, 1.54) is 134 Å². The Bertz CT molecular complexity index is 1010. The minimum atomic E-state index is -1.16. The number of carbonyl (C=O) groups is 4. The number of rotatable bonds is 42. The van der Waals surface area contributed by atoms with Gasteiger partial charge in [-0.25, -0.2) is 0 Å². The van der Waals surface area contributed by atoms with Crippen LogP contribution in [-0.4, -0.2) is 57.8 Å². The molecule has 0 aliphatic rings. The molecule has 0 aliphatic heterocycles. The Morgan fingerprint density at radius 3 is 1.24 bits per heavy atom. The van der Waals surface area contributed by atoms with Crippen molar-refractivity contribution >= 4 is 31.9 Å². The molecule has 0 radical (unpaired) electrons. The van der Waals surface area contributed by atoms with Crippen molar-refractivity contribution in [2.24, 2.45) is 5.41 Å². The van der Waals surface area contributed by atoms with Gasteiger partial charge in [0.2, 0.25) is 5.91 Å². The maximum absolute atomic E-state index is 12.8. The molecule has 0 fully saturated rings. The molecular weight excluding hydrogens is 743 g/mol. The summed E-state index contributed by atoms with van der Waals surface area (Å²) in [5, 5.41) is 2.93. The molecule has 0 heterocycles. The van der Waals surface area contributed by atoms with E-state index < -0.39 is 20.1 Å². The molecule has 8 nitrogen and oxygen atoms in total. The van der Waals surface area contributed by atoms with Gasteiger partial charge in [-0.05, 0) is 31.1 Å². The molecule has 0 aromatic rings. The van der Waals surface area contributed by atoms with Gasteiger partial charge in [0.15, 0.2) is 6.10 Å². The van der Waals surface area contributed by atoms with Crippen LogP contribution >= 0.6 is 0 Å². The predicted octanol–water partition coefficient (Wildman–Crippen LogP) is 14.0. The average Bonchev–Trinajstić information content (AvgIpc) is 3.16. The maximum Gasteiger partial charge on any atom is 0.306 e. The molecule has 1 N–H and O–H groups in total. The van der Waals surface area contributed by atoms with E-state index in [4.69, 9.17) is 14.2 Å². The van der Waals surface area contributed by atoms with E-state index in [0.29, 0.717) is 13.0 Å². The fourth-order valence-electron chi connectivity index (χ4n) is 8.07. The van der Waals surface area contributed by atoms with E-state index in [9.17, 15) is 19.2 Å². The lowest BCUT2D eigenvalue weighted by atomic mass is 9.90. The molecule has 9 heteroatoms. The minimum Gasteiger partial charge on any atom is -0.462 e. The predicted molar refractivity (Wildman–Crippen MR) is 246 cm³/mol. The molecule has 0 bridgehead atoms. The van der Waals surface area contributed by atoms with Crippen LogP contribution in [0.1, 0.15) is 233 Å². The van der Waals surface area contributed by atoms with Crippen LogP contribution in [0.2, 0.25) is 25.7 Å². The van der Waals surface area contributed by atoms with Gasteiger partial charge < -0.3 is 19.5 Å². The Morgan fingerprint density at radius 1 is 0.483 bits per heavy atom. The third-order valence-electron chi connectivity index (χ3n) is 11.0.